The number of H-pyrrole nitrogens is 1. The van der Waals surface area contributed by atoms with Gasteiger partial charge in [-0.2, -0.15) is 25.0 Å². The minimum absolute atomic E-state index is 0.250. The van der Waals surface area contributed by atoms with Crippen LogP contribution in [0.4, 0.5) is 0 Å². The van der Waals surface area contributed by atoms with Gasteiger partial charge >= 0.3 is 6.15 Å². The molecule has 0 fully saturated rings. The lowest BCUT2D eigenvalue weighted by Gasteiger charge is -1.96. The molecule has 0 atom stereocenters. The number of rotatable bonds is 3. The lowest BCUT2D eigenvalue weighted by molar-refractivity contribution is -0.191. The third-order valence-electron chi connectivity index (χ3n) is 2.00. The molecule has 0 aliphatic carbocycles. The topological polar surface area (TPSA) is 75.7 Å². The molecule has 6 heteroatoms. The first-order chi connectivity index (χ1) is 8.80. The summed E-state index contributed by atoms with van der Waals surface area (Å²) in [6, 6.07) is 8.38. The van der Waals surface area contributed by atoms with Gasteiger partial charge in [0.2, 0.25) is 0 Å². The van der Waals surface area contributed by atoms with Crippen LogP contribution in [0.5, 0.6) is 0 Å². The van der Waals surface area contributed by atoms with Crippen molar-refractivity contribution in [3.05, 3.63) is 41.7 Å². The van der Waals surface area contributed by atoms with Gasteiger partial charge in [0.05, 0.1) is 6.20 Å². The van der Waals surface area contributed by atoms with Crippen LogP contribution in [0, 0.1) is 0 Å². The second-order valence-corrected chi connectivity index (χ2v) is 3.96. The maximum Gasteiger partial charge on any atom is 0.373 e. The van der Waals surface area contributed by atoms with Crippen molar-refractivity contribution in [1.29, 1.82) is 0 Å². The molecule has 1 aromatic carbocycles. The summed E-state index contributed by atoms with van der Waals surface area (Å²) in [6.07, 6.45) is 7.95. The average molecular weight is 261 g/mol. The van der Waals surface area contributed by atoms with E-state index < -0.39 is 0 Å². The van der Waals surface area contributed by atoms with E-state index in [1.807, 2.05) is 12.2 Å². The summed E-state index contributed by atoms with van der Waals surface area (Å²) in [7, 11) is 0. The fraction of sp³-hybridized carbons (Fsp3) is 0.0833. The van der Waals surface area contributed by atoms with Crippen molar-refractivity contribution in [2.75, 3.05) is 6.26 Å². The van der Waals surface area contributed by atoms with Crippen molar-refractivity contribution in [2.45, 2.75) is 4.90 Å². The maximum atomic E-state index is 8.12. The highest BCUT2D eigenvalue weighted by Gasteiger charge is 1.91. The van der Waals surface area contributed by atoms with Crippen molar-refractivity contribution in [2.24, 2.45) is 0 Å². The summed E-state index contributed by atoms with van der Waals surface area (Å²) in [4.78, 5) is 17.5. The van der Waals surface area contributed by atoms with Crippen LogP contribution in [-0.2, 0) is 9.59 Å². The Labute approximate surface area is 108 Å². The molecule has 0 bridgehead atoms. The molecular formula is C12H11N3O2S. The number of aromatic amines is 1. The molecule has 0 aliphatic heterocycles. The average Bonchev–Trinajstić information content (AvgIpc) is 2.91. The molecule has 0 amide bonds. The zero-order valence-electron chi connectivity index (χ0n) is 9.66. The highest BCUT2D eigenvalue weighted by atomic mass is 32.2. The van der Waals surface area contributed by atoms with Gasteiger partial charge in [0.1, 0.15) is 5.69 Å². The Hall–Kier alpha value is -2.17. The van der Waals surface area contributed by atoms with Gasteiger partial charge in [-0.3, -0.25) is 0 Å². The van der Waals surface area contributed by atoms with Crippen LogP contribution in [-0.4, -0.2) is 27.8 Å². The summed E-state index contributed by atoms with van der Waals surface area (Å²) >= 11 is 1.74. The molecule has 0 radical (unpaired) electrons. The van der Waals surface area contributed by atoms with E-state index in [0.717, 1.165) is 11.3 Å². The van der Waals surface area contributed by atoms with Crippen molar-refractivity contribution in [3.63, 3.8) is 0 Å². The monoisotopic (exact) mass is 261 g/mol. The van der Waals surface area contributed by atoms with Gasteiger partial charge in [0.15, 0.2) is 0 Å². The zero-order valence-corrected chi connectivity index (χ0v) is 10.5. The van der Waals surface area contributed by atoms with Gasteiger partial charge < -0.3 is 0 Å². The molecule has 18 heavy (non-hydrogen) atoms. The normalized spacial score (nSPS) is 9.61. The second-order valence-electron chi connectivity index (χ2n) is 3.08. The predicted octanol–water partition coefficient (Wildman–Crippen LogP) is 2.11. The Kier molecular flexibility index (Phi) is 6.17. The highest BCUT2D eigenvalue weighted by Crippen LogP contribution is 2.15. The van der Waals surface area contributed by atoms with E-state index in [1.165, 1.54) is 4.90 Å². The molecule has 0 spiro atoms. The Balaban J connectivity index is 0.000000492. The fourth-order valence-electron chi connectivity index (χ4n) is 1.19. The summed E-state index contributed by atoms with van der Waals surface area (Å²) in [5.74, 6) is 0. The van der Waals surface area contributed by atoms with E-state index in [2.05, 4.69) is 45.9 Å². The van der Waals surface area contributed by atoms with E-state index in [4.69, 9.17) is 9.59 Å². The lowest BCUT2D eigenvalue weighted by atomic mass is 10.2. The molecule has 1 N–H and O–H groups in total. The van der Waals surface area contributed by atoms with Gasteiger partial charge in [0, 0.05) is 4.90 Å². The highest BCUT2D eigenvalue weighted by molar-refractivity contribution is 7.98. The van der Waals surface area contributed by atoms with Gasteiger partial charge in [-0.25, -0.2) is 0 Å². The Morgan fingerprint density at radius 2 is 1.89 bits per heavy atom. The van der Waals surface area contributed by atoms with Crippen molar-refractivity contribution in [1.82, 2.24) is 15.4 Å². The second kappa shape index (κ2) is 8.00. The van der Waals surface area contributed by atoms with Crippen LogP contribution in [0.3, 0.4) is 0 Å². The van der Waals surface area contributed by atoms with Crippen molar-refractivity contribution < 1.29 is 9.59 Å². The van der Waals surface area contributed by atoms with Crippen LogP contribution in [0.25, 0.3) is 12.2 Å². The molecule has 1 aromatic heterocycles. The first kappa shape index (κ1) is 13.9. The molecule has 5 nitrogen and oxygen atoms in total. The Bertz CT molecular complexity index is 515. The number of thioether (sulfide) groups is 1. The number of benzene rings is 1. The summed E-state index contributed by atoms with van der Waals surface area (Å²) in [5.41, 5.74) is 2.00. The number of hydrogen-bond acceptors (Lipinski definition) is 5. The van der Waals surface area contributed by atoms with Crippen LogP contribution in [0.1, 0.15) is 11.3 Å². The predicted molar refractivity (Wildman–Crippen MR) is 68.5 cm³/mol. The minimum Gasteiger partial charge on any atom is -0.197 e. The van der Waals surface area contributed by atoms with Crippen molar-refractivity contribution >= 4 is 30.1 Å². The van der Waals surface area contributed by atoms with E-state index in [9.17, 15) is 0 Å². The van der Waals surface area contributed by atoms with E-state index in [1.54, 1.807) is 18.0 Å². The van der Waals surface area contributed by atoms with Crippen LogP contribution in [0.2, 0.25) is 0 Å². The minimum atomic E-state index is 0.250. The molecule has 0 saturated heterocycles. The molecule has 1 heterocycles. The fourth-order valence-corrected chi connectivity index (χ4v) is 1.60. The van der Waals surface area contributed by atoms with Crippen LogP contribution >= 0.6 is 11.8 Å². The summed E-state index contributed by atoms with van der Waals surface area (Å²) in [6.45, 7) is 0. The van der Waals surface area contributed by atoms with Gasteiger partial charge in [-0.1, -0.05) is 18.2 Å². The number of carbonyl (C=O) groups excluding carboxylic acids is 2. The molecule has 0 saturated carbocycles. The molecule has 0 unspecified atom stereocenters. The van der Waals surface area contributed by atoms with Gasteiger partial charge in [-0.15, -0.1) is 11.8 Å². The van der Waals surface area contributed by atoms with E-state index in [-0.39, 0.29) is 6.15 Å². The van der Waals surface area contributed by atoms with Crippen LogP contribution in [0.15, 0.2) is 35.4 Å². The third-order valence-corrected chi connectivity index (χ3v) is 2.74. The molecule has 2 rings (SSSR count). The molecule has 92 valence electrons. The SMILES string of the molecule is CSc1ccc(C=Cc2cn[nH]n2)cc1.O=C=O. The van der Waals surface area contributed by atoms with E-state index >= 15 is 0 Å². The quantitative estimate of drug-likeness (QED) is 0.856. The standard InChI is InChI=1S/C11H11N3S.CO2/c1-15-11-6-3-9(4-7-11)2-5-10-8-12-14-13-10;2-1-3/h2-8H,1H3,(H,12,13,14);. The van der Waals surface area contributed by atoms with Gasteiger partial charge in [-0.05, 0) is 30.0 Å². The van der Waals surface area contributed by atoms with Crippen molar-refractivity contribution in [3.8, 4) is 0 Å². The summed E-state index contributed by atoms with van der Waals surface area (Å²) in [5, 5.41) is 10.2. The third kappa shape index (κ3) is 4.78. The lowest BCUT2D eigenvalue weighted by Crippen LogP contribution is -1.74. The van der Waals surface area contributed by atoms with E-state index in [0.29, 0.717) is 0 Å². The summed E-state index contributed by atoms with van der Waals surface area (Å²) < 4.78 is 0. The maximum absolute atomic E-state index is 8.12. The first-order valence-electron chi connectivity index (χ1n) is 4.97. The molecule has 0 aliphatic rings. The number of nitrogens with one attached hydrogen (secondary N) is 1. The van der Waals surface area contributed by atoms with Crippen LogP contribution < -0.4 is 0 Å². The first-order valence-corrected chi connectivity index (χ1v) is 6.20. The molecule has 2 aromatic rings. The largest absolute Gasteiger partial charge is 0.373 e. The Morgan fingerprint density at radius 3 is 2.39 bits per heavy atom. The Morgan fingerprint density at radius 1 is 1.22 bits per heavy atom. The number of hydrogen-bond donors (Lipinski definition) is 1. The number of nitrogens with zero attached hydrogens (tertiary/aromatic N) is 2. The smallest absolute Gasteiger partial charge is 0.197 e. The van der Waals surface area contributed by atoms with Gasteiger partial charge in [0.25, 0.3) is 0 Å². The molecular weight excluding hydrogens is 250 g/mol. The zero-order chi connectivity index (χ0) is 13.2. The number of aromatic nitrogens is 3.